The van der Waals surface area contributed by atoms with Crippen LogP contribution in [0.2, 0.25) is 10.0 Å². The lowest BCUT2D eigenvalue weighted by Gasteiger charge is -2.29. The number of aliphatic hydroxyl groups excluding tert-OH is 2. The molecule has 3 aliphatic rings. The van der Waals surface area contributed by atoms with E-state index in [9.17, 15) is 29.0 Å². The van der Waals surface area contributed by atoms with Crippen LogP contribution in [0.3, 0.4) is 0 Å². The van der Waals surface area contributed by atoms with Gasteiger partial charge >= 0.3 is 0 Å². The van der Waals surface area contributed by atoms with Crippen LogP contribution < -0.4 is 10.6 Å². The second-order valence-electron chi connectivity index (χ2n) is 10.3. The van der Waals surface area contributed by atoms with Gasteiger partial charge in [-0.1, -0.05) is 29.6 Å². The summed E-state index contributed by atoms with van der Waals surface area (Å²) in [5.41, 5.74) is 0.332. The third kappa shape index (κ3) is 4.85. The van der Waals surface area contributed by atoms with Crippen LogP contribution in [0.5, 0.6) is 0 Å². The number of hydrogen-bond acceptors (Lipinski definition) is 6. The van der Waals surface area contributed by atoms with Crippen molar-refractivity contribution >= 4 is 51.7 Å². The van der Waals surface area contributed by atoms with Crippen molar-refractivity contribution in [2.75, 3.05) is 19.7 Å². The van der Waals surface area contributed by atoms with E-state index in [0.717, 1.165) is 25.3 Å². The lowest BCUT2D eigenvalue weighted by atomic mass is 9.91. The van der Waals surface area contributed by atoms with Crippen LogP contribution in [-0.2, 0) is 9.59 Å². The van der Waals surface area contributed by atoms with E-state index >= 15 is 0 Å². The summed E-state index contributed by atoms with van der Waals surface area (Å²) in [6, 6.07) is 0.791. The van der Waals surface area contributed by atoms with Crippen LogP contribution in [-0.4, -0.2) is 75.7 Å². The highest BCUT2D eigenvalue weighted by atomic mass is 35.5. The summed E-state index contributed by atoms with van der Waals surface area (Å²) in [6.45, 7) is 0.223. The number of fused-ring (bicyclic) bond motifs is 2. The van der Waals surface area contributed by atoms with Crippen molar-refractivity contribution in [3.63, 3.8) is 0 Å². The van der Waals surface area contributed by atoms with Crippen molar-refractivity contribution in [1.82, 2.24) is 20.5 Å². The van der Waals surface area contributed by atoms with E-state index in [1.807, 2.05) is 0 Å². The molecular weight excluding hydrogens is 526 g/mol. The summed E-state index contributed by atoms with van der Waals surface area (Å²) in [4.78, 5) is 44.2. The fourth-order valence-corrected chi connectivity index (χ4v) is 6.69. The summed E-state index contributed by atoms with van der Waals surface area (Å²) in [6.07, 6.45) is 2.62. The molecule has 200 valence electrons. The molecule has 2 aromatic rings. The maximum absolute atomic E-state index is 14.1. The summed E-state index contributed by atoms with van der Waals surface area (Å²) in [7, 11) is 0. The van der Waals surface area contributed by atoms with Crippen LogP contribution in [0.1, 0.15) is 42.6 Å². The van der Waals surface area contributed by atoms with Gasteiger partial charge in [0.05, 0.1) is 16.6 Å². The number of aromatic nitrogens is 1. The molecule has 2 aliphatic heterocycles. The topological polar surface area (TPSA) is 135 Å². The molecule has 1 aliphatic carbocycles. The van der Waals surface area contributed by atoms with Crippen molar-refractivity contribution in [3.05, 3.63) is 33.7 Å². The van der Waals surface area contributed by atoms with E-state index < -0.39 is 48.3 Å². The summed E-state index contributed by atoms with van der Waals surface area (Å²) in [5, 5.41) is 25.6. The van der Waals surface area contributed by atoms with Crippen LogP contribution in [0, 0.1) is 23.6 Å². The van der Waals surface area contributed by atoms with Gasteiger partial charge in [0.1, 0.15) is 35.4 Å². The number of likely N-dealkylation sites (tertiary alicyclic amines) is 1. The van der Waals surface area contributed by atoms with Gasteiger partial charge in [0, 0.05) is 17.8 Å². The maximum Gasteiger partial charge on any atom is 0.271 e. The first-order valence-corrected chi connectivity index (χ1v) is 13.3. The molecule has 3 heterocycles. The molecule has 2 saturated heterocycles. The third-order valence-corrected chi connectivity index (χ3v) is 8.80. The summed E-state index contributed by atoms with van der Waals surface area (Å²) in [5.74, 6) is -2.35. The molecule has 5 rings (SSSR count). The average Bonchev–Trinajstić information content (AvgIpc) is 3.65. The van der Waals surface area contributed by atoms with Gasteiger partial charge in [-0.3, -0.25) is 19.7 Å². The Balaban J connectivity index is 1.41. The number of nitrogens with one attached hydrogen (secondary N) is 3. The van der Waals surface area contributed by atoms with Gasteiger partial charge in [-0.2, -0.15) is 0 Å². The average molecular weight is 555 g/mol. The highest BCUT2D eigenvalue weighted by molar-refractivity contribution is 6.40. The van der Waals surface area contributed by atoms with Crippen molar-refractivity contribution in [2.24, 2.45) is 17.8 Å². The number of aromatic amines is 1. The molecule has 9 nitrogen and oxygen atoms in total. The van der Waals surface area contributed by atoms with E-state index in [1.165, 1.54) is 11.0 Å². The zero-order valence-corrected chi connectivity index (χ0v) is 21.5. The number of nitrogens with zero attached hydrogens (tertiary/aromatic N) is 1. The van der Waals surface area contributed by atoms with Crippen molar-refractivity contribution in [2.45, 2.75) is 50.4 Å². The second kappa shape index (κ2) is 10.5. The number of aliphatic hydroxyl groups is 2. The fourth-order valence-electron chi connectivity index (χ4n) is 6.24. The Labute approximate surface area is 222 Å². The maximum atomic E-state index is 14.1. The van der Waals surface area contributed by atoms with E-state index in [0.29, 0.717) is 24.9 Å². The minimum atomic E-state index is -0.983. The molecule has 2 amide bonds. The largest absolute Gasteiger partial charge is 0.389 e. The Morgan fingerprint density at radius 3 is 2.70 bits per heavy atom. The molecule has 5 N–H and O–H groups in total. The summed E-state index contributed by atoms with van der Waals surface area (Å²) >= 11 is 12.3. The van der Waals surface area contributed by atoms with E-state index in [2.05, 4.69) is 15.6 Å². The van der Waals surface area contributed by atoms with Crippen LogP contribution in [0.25, 0.3) is 10.9 Å². The number of amides is 2. The smallest absolute Gasteiger partial charge is 0.271 e. The molecule has 0 bridgehead atoms. The Kier molecular flexibility index (Phi) is 7.48. The first-order valence-electron chi connectivity index (χ1n) is 12.5. The molecule has 0 radical (unpaired) electrons. The zero-order chi connectivity index (χ0) is 26.4. The number of halogens is 3. The number of rotatable bonds is 7. The van der Waals surface area contributed by atoms with Crippen LogP contribution in [0.4, 0.5) is 4.39 Å². The number of benzene rings is 1. The molecule has 1 aromatic heterocycles. The molecule has 6 unspecified atom stereocenters. The molecule has 6 atom stereocenters. The number of carbonyl (C=O) groups is 3. The van der Waals surface area contributed by atoms with Gasteiger partial charge < -0.3 is 25.4 Å². The van der Waals surface area contributed by atoms with Crippen LogP contribution >= 0.6 is 23.2 Å². The summed E-state index contributed by atoms with van der Waals surface area (Å²) < 4.78 is 14.1. The standard InChI is InChI=1S/C25H29Cl2FN4O5/c26-15-8-16(28)20(27)21-14(15)7-18(30-21)25(37)32-9-12-2-1-3-13(12)22(32)24(36)31-17(19(34)10-33)6-11-4-5-29-23(11)35/h7-8,11-13,17,22-23,29-30,33,35H,1-6,9-10H2,(H,31,36). The lowest BCUT2D eigenvalue weighted by molar-refractivity contribution is -0.132. The molecule has 3 fully saturated rings. The lowest BCUT2D eigenvalue weighted by Crippen LogP contribution is -2.53. The van der Waals surface area contributed by atoms with Gasteiger partial charge in [0.15, 0.2) is 5.78 Å². The highest BCUT2D eigenvalue weighted by Gasteiger charge is 2.50. The molecule has 12 heteroatoms. The van der Waals surface area contributed by atoms with Gasteiger partial charge in [0.25, 0.3) is 5.91 Å². The predicted molar refractivity (Wildman–Crippen MR) is 135 cm³/mol. The number of H-pyrrole nitrogens is 1. The predicted octanol–water partition coefficient (Wildman–Crippen LogP) is 2.22. The third-order valence-electron chi connectivity index (χ3n) is 8.12. The Bertz CT molecular complexity index is 1240. The van der Waals surface area contributed by atoms with E-state index in [1.54, 1.807) is 0 Å². The first-order chi connectivity index (χ1) is 17.7. The molecular formula is C25H29Cl2FN4O5. The van der Waals surface area contributed by atoms with E-state index in [-0.39, 0.29) is 45.4 Å². The molecule has 0 spiro atoms. The first kappa shape index (κ1) is 26.4. The van der Waals surface area contributed by atoms with Gasteiger partial charge in [0.2, 0.25) is 5.91 Å². The minimum Gasteiger partial charge on any atom is -0.389 e. The fraction of sp³-hybridized carbons (Fsp3) is 0.560. The SMILES string of the molecule is O=C(CO)C(CC1CCNC1O)NC(=O)C1C2CCCC2CN1C(=O)c1cc2c(Cl)cc(F)c(Cl)c2[nH]1. The number of Topliss-reactive ketones (excluding diaryl/α,β-unsaturated/α-hetero) is 1. The number of hydrogen-bond donors (Lipinski definition) is 5. The minimum absolute atomic E-state index is 0.0680. The normalized spacial score (nSPS) is 28.0. The number of ketones is 1. The zero-order valence-electron chi connectivity index (χ0n) is 20.0. The highest BCUT2D eigenvalue weighted by Crippen LogP contribution is 2.43. The Morgan fingerprint density at radius 2 is 2.00 bits per heavy atom. The molecule has 1 aromatic carbocycles. The van der Waals surface area contributed by atoms with Crippen molar-refractivity contribution in [3.8, 4) is 0 Å². The quantitative estimate of drug-likeness (QED) is 0.333. The van der Waals surface area contributed by atoms with Crippen molar-refractivity contribution in [1.29, 1.82) is 0 Å². The van der Waals surface area contributed by atoms with Gasteiger partial charge in [-0.25, -0.2) is 4.39 Å². The van der Waals surface area contributed by atoms with E-state index in [4.69, 9.17) is 23.2 Å². The van der Waals surface area contributed by atoms with Crippen molar-refractivity contribution < 1.29 is 29.0 Å². The van der Waals surface area contributed by atoms with Gasteiger partial charge in [-0.15, -0.1) is 0 Å². The second-order valence-corrected chi connectivity index (χ2v) is 11.0. The Morgan fingerprint density at radius 1 is 1.22 bits per heavy atom. The molecule has 37 heavy (non-hydrogen) atoms. The monoisotopic (exact) mass is 554 g/mol. The van der Waals surface area contributed by atoms with Gasteiger partial charge in [-0.05, 0) is 56.2 Å². The Hall–Kier alpha value is -2.24. The number of carbonyl (C=O) groups excluding carboxylic acids is 3. The van der Waals surface area contributed by atoms with Crippen LogP contribution in [0.15, 0.2) is 12.1 Å². The molecule has 1 saturated carbocycles.